The van der Waals surface area contributed by atoms with E-state index in [2.05, 4.69) is 21.2 Å². The average molecular weight is 329 g/mol. The van der Waals surface area contributed by atoms with Crippen molar-refractivity contribution in [2.24, 2.45) is 5.92 Å². The van der Waals surface area contributed by atoms with Gasteiger partial charge >= 0.3 is 0 Å². The van der Waals surface area contributed by atoms with Crippen LogP contribution in [0, 0.1) is 5.92 Å². The summed E-state index contributed by atoms with van der Waals surface area (Å²) in [6.07, 6.45) is 4.09. The molecule has 1 heterocycles. The van der Waals surface area contributed by atoms with Crippen molar-refractivity contribution < 1.29 is 9.53 Å². The Hall–Kier alpha value is -1.14. The summed E-state index contributed by atoms with van der Waals surface area (Å²) in [5, 5.41) is 2.56. The molecule has 1 aromatic rings. The largest absolute Gasteiger partial charge is 0.381 e. The number of amides is 1. The van der Waals surface area contributed by atoms with Crippen LogP contribution in [0.5, 0.6) is 0 Å². The van der Waals surface area contributed by atoms with E-state index >= 15 is 0 Å². The minimum atomic E-state index is -0.250. The van der Waals surface area contributed by atoms with Crippen LogP contribution in [0.25, 0.3) is 0 Å². The van der Waals surface area contributed by atoms with Gasteiger partial charge in [-0.05, 0) is 34.8 Å². The lowest BCUT2D eigenvalue weighted by Gasteiger charge is -2.35. The molecule has 1 aromatic heterocycles. The van der Waals surface area contributed by atoms with Gasteiger partial charge in [-0.15, -0.1) is 0 Å². The standard InChI is InChI=1S/C13H17BrN2O3/c1-8(17)15-11-5-10(14)7-16(13(11)18)6-9-3-4-12(9)19-2/h5,7,9,12H,3-4,6H2,1-2H3,(H,15,17)/t9-,12-/m0/s1. The number of nitrogens with zero attached hydrogens (tertiary/aromatic N) is 1. The van der Waals surface area contributed by atoms with Gasteiger partial charge < -0.3 is 14.6 Å². The lowest BCUT2D eigenvalue weighted by Crippen LogP contribution is -2.38. The number of rotatable bonds is 4. The van der Waals surface area contributed by atoms with E-state index in [-0.39, 0.29) is 17.6 Å². The second-order valence-corrected chi connectivity index (χ2v) is 5.74. The van der Waals surface area contributed by atoms with Crippen LogP contribution in [0.1, 0.15) is 19.8 Å². The molecule has 6 heteroatoms. The predicted molar refractivity (Wildman–Crippen MR) is 76.2 cm³/mol. The van der Waals surface area contributed by atoms with Crippen molar-refractivity contribution in [1.29, 1.82) is 0 Å². The van der Waals surface area contributed by atoms with Gasteiger partial charge in [0.1, 0.15) is 5.69 Å². The van der Waals surface area contributed by atoms with E-state index in [0.717, 1.165) is 17.3 Å². The second kappa shape index (κ2) is 5.88. The van der Waals surface area contributed by atoms with Crippen molar-refractivity contribution in [1.82, 2.24) is 4.57 Å². The molecule has 1 aliphatic rings. The van der Waals surface area contributed by atoms with Gasteiger partial charge in [0.15, 0.2) is 0 Å². The maximum Gasteiger partial charge on any atom is 0.274 e. The van der Waals surface area contributed by atoms with Gasteiger partial charge in [0.05, 0.1) is 6.10 Å². The smallest absolute Gasteiger partial charge is 0.274 e. The minimum absolute atomic E-state index is 0.180. The third-order valence-electron chi connectivity index (χ3n) is 3.45. The molecule has 0 aromatic carbocycles. The zero-order valence-corrected chi connectivity index (χ0v) is 12.6. The zero-order chi connectivity index (χ0) is 14.0. The zero-order valence-electron chi connectivity index (χ0n) is 11.0. The number of hydrogen-bond acceptors (Lipinski definition) is 3. The molecule has 1 N–H and O–H groups in total. The lowest BCUT2D eigenvalue weighted by molar-refractivity contribution is -0.114. The highest BCUT2D eigenvalue weighted by Crippen LogP contribution is 2.31. The second-order valence-electron chi connectivity index (χ2n) is 4.82. The van der Waals surface area contributed by atoms with E-state index in [0.29, 0.717) is 18.2 Å². The van der Waals surface area contributed by atoms with Gasteiger partial charge in [-0.2, -0.15) is 0 Å². The molecule has 104 valence electrons. The summed E-state index contributed by atoms with van der Waals surface area (Å²) in [6, 6.07) is 1.62. The number of methoxy groups -OCH3 is 1. The van der Waals surface area contributed by atoms with E-state index in [4.69, 9.17) is 4.74 Å². The van der Waals surface area contributed by atoms with Crippen molar-refractivity contribution in [3.05, 3.63) is 27.1 Å². The molecule has 0 unspecified atom stereocenters. The number of nitrogens with one attached hydrogen (secondary N) is 1. The SMILES string of the molecule is CO[C@H]1CC[C@H]1Cn1cc(Br)cc(NC(C)=O)c1=O. The Morgan fingerprint density at radius 2 is 2.32 bits per heavy atom. The molecule has 0 bridgehead atoms. The first-order chi connectivity index (χ1) is 9.01. The van der Waals surface area contributed by atoms with Crippen LogP contribution >= 0.6 is 15.9 Å². The molecule has 2 atom stereocenters. The molecule has 0 aliphatic heterocycles. The van der Waals surface area contributed by atoms with Crippen LogP contribution in [0.2, 0.25) is 0 Å². The fourth-order valence-corrected chi connectivity index (χ4v) is 2.80. The monoisotopic (exact) mass is 328 g/mol. The third-order valence-corrected chi connectivity index (χ3v) is 3.88. The maximum absolute atomic E-state index is 12.2. The Bertz CT molecular complexity index is 539. The Kier molecular flexibility index (Phi) is 4.42. The van der Waals surface area contributed by atoms with Gasteiger partial charge in [0, 0.05) is 37.2 Å². The van der Waals surface area contributed by atoms with Crippen LogP contribution < -0.4 is 10.9 Å². The molecule has 0 spiro atoms. The van der Waals surface area contributed by atoms with E-state index in [9.17, 15) is 9.59 Å². The van der Waals surface area contributed by atoms with E-state index in [1.165, 1.54) is 6.92 Å². The molecule has 19 heavy (non-hydrogen) atoms. The summed E-state index contributed by atoms with van der Waals surface area (Å²) in [6.45, 7) is 2.00. The highest BCUT2D eigenvalue weighted by atomic mass is 79.9. The van der Waals surface area contributed by atoms with Crippen molar-refractivity contribution in [2.75, 3.05) is 12.4 Å². The van der Waals surface area contributed by atoms with E-state index in [1.54, 1.807) is 23.9 Å². The van der Waals surface area contributed by atoms with Crippen molar-refractivity contribution in [2.45, 2.75) is 32.4 Å². The summed E-state index contributed by atoms with van der Waals surface area (Å²) in [5.74, 6) is 0.113. The number of aromatic nitrogens is 1. The molecule has 1 amide bonds. The topological polar surface area (TPSA) is 60.3 Å². The van der Waals surface area contributed by atoms with Crippen LogP contribution in [-0.2, 0) is 16.1 Å². The normalized spacial score (nSPS) is 21.8. The number of ether oxygens (including phenoxy) is 1. The van der Waals surface area contributed by atoms with Gasteiger partial charge in [-0.1, -0.05) is 0 Å². The Morgan fingerprint density at radius 3 is 2.84 bits per heavy atom. The third kappa shape index (κ3) is 3.25. The van der Waals surface area contributed by atoms with Crippen molar-refractivity contribution in [3.8, 4) is 0 Å². The molecule has 2 rings (SSSR count). The first kappa shape index (κ1) is 14.3. The Morgan fingerprint density at radius 1 is 1.58 bits per heavy atom. The fraction of sp³-hybridized carbons (Fsp3) is 0.538. The first-order valence-electron chi connectivity index (χ1n) is 6.21. The maximum atomic E-state index is 12.2. The summed E-state index contributed by atoms with van der Waals surface area (Å²) in [4.78, 5) is 23.3. The van der Waals surface area contributed by atoms with Crippen LogP contribution in [0.4, 0.5) is 5.69 Å². The Labute approximate surface area is 120 Å². The minimum Gasteiger partial charge on any atom is -0.381 e. The summed E-state index contributed by atoms with van der Waals surface area (Å²) < 4.78 is 7.74. The number of carbonyl (C=O) groups excluding carboxylic acids is 1. The molecule has 0 saturated heterocycles. The number of hydrogen-bond donors (Lipinski definition) is 1. The molecule has 1 saturated carbocycles. The van der Waals surface area contributed by atoms with Crippen LogP contribution in [0.3, 0.4) is 0 Å². The van der Waals surface area contributed by atoms with Gasteiger partial charge in [-0.3, -0.25) is 9.59 Å². The summed E-state index contributed by atoms with van der Waals surface area (Å²) in [7, 11) is 1.70. The van der Waals surface area contributed by atoms with Crippen LogP contribution in [-0.4, -0.2) is 23.7 Å². The molecular weight excluding hydrogens is 312 g/mol. The highest BCUT2D eigenvalue weighted by Gasteiger charge is 2.31. The quantitative estimate of drug-likeness (QED) is 0.919. The van der Waals surface area contributed by atoms with Gasteiger partial charge in [0.25, 0.3) is 5.56 Å². The lowest BCUT2D eigenvalue weighted by atomic mass is 9.81. The fourth-order valence-electron chi connectivity index (χ4n) is 2.32. The molecule has 1 fully saturated rings. The average Bonchev–Trinajstić information content (AvgIpc) is 2.30. The molecule has 1 aliphatic carbocycles. The Balaban J connectivity index is 2.22. The number of carbonyl (C=O) groups is 1. The number of pyridine rings is 1. The number of anilines is 1. The van der Waals surface area contributed by atoms with Gasteiger partial charge in [-0.25, -0.2) is 0 Å². The molecule has 0 radical (unpaired) electrons. The van der Waals surface area contributed by atoms with Crippen LogP contribution in [0.15, 0.2) is 21.5 Å². The van der Waals surface area contributed by atoms with E-state index < -0.39 is 0 Å². The number of halogens is 1. The summed E-state index contributed by atoms with van der Waals surface area (Å²) in [5.41, 5.74) is 0.121. The van der Waals surface area contributed by atoms with Crippen molar-refractivity contribution >= 4 is 27.5 Å². The molecule has 5 nitrogen and oxygen atoms in total. The highest BCUT2D eigenvalue weighted by molar-refractivity contribution is 9.10. The van der Waals surface area contributed by atoms with Gasteiger partial charge in [0.2, 0.25) is 5.91 Å². The van der Waals surface area contributed by atoms with E-state index in [1.807, 2.05) is 0 Å². The first-order valence-corrected chi connectivity index (χ1v) is 7.01. The van der Waals surface area contributed by atoms with Crippen molar-refractivity contribution in [3.63, 3.8) is 0 Å². The molecular formula is C13H17BrN2O3. The summed E-state index contributed by atoms with van der Waals surface area (Å²) >= 11 is 3.36. The predicted octanol–water partition coefficient (Wildman–Crippen LogP) is 1.99.